The van der Waals surface area contributed by atoms with Crippen LogP contribution in [0.1, 0.15) is 28.2 Å². The molecule has 0 spiro atoms. The first kappa shape index (κ1) is 16.9. The van der Waals surface area contributed by atoms with Gasteiger partial charge in [0.1, 0.15) is 9.22 Å². The van der Waals surface area contributed by atoms with Crippen molar-refractivity contribution in [1.82, 2.24) is 4.98 Å². The molecule has 0 atom stereocenters. The molecule has 1 saturated heterocycles. The molecule has 1 aliphatic rings. The number of carboxylic acid groups (broad SMARTS) is 1. The van der Waals surface area contributed by atoms with Crippen LogP contribution < -0.4 is 10.6 Å². The second-order valence-corrected chi connectivity index (χ2v) is 8.79. The fourth-order valence-corrected chi connectivity index (χ4v) is 5.17. The second kappa shape index (κ2) is 6.50. The van der Waals surface area contributed by atoms with Crippen molar-refractivity contribution in [3.63, 3.8) is 0 Å². The highest BCUT2D eigenvalue weighted by Gasteiger charge is 2.24. The van der Waals surface area contributed by atoms with E-state index < -0.39 is 15.8 Å². The third-order valence-electron chi connectivity index (χ3n) is 3.89. The van der Waals surface area contributed by atoms with E-state index in [2.05, 4.69) is 4.98 Å². The molecule has 0 saturated carbocycles. The van der Waals surface area contributed by atoms with Gasteiger partial charge in [-0.25, -0.2) is 18.2 Å². The minimum Gasteiger partial charge on any atom is -0.478 e. The summed E-state index contributed by atoms with van der Waals surface area (Å²) >= 11 is 1.00. The monoisotopic (exact) mass is 367 g/mol. The molecule has 2 aromatic rings. The first-order valence-corrected chi connectivity index (χ1v) is 9.75. The number of rotatable bonds is 5. The Kier molecular flexibility index (Phi) is 4.57. The molecule has 1 aromatic carbocycles. The second-order valence-electron chi connectivity index (χ2n) is 5.50. The first-order chi connectivity index (χ1) is 11.4. The Morgan fingerprint density at radius 3 is 2.58 bits per heavy atom. The van der Waals surface area contributed by atoms with Gasteiger partial charge >= 0.3 is 5.97 Å². The summed E-state index contributed by atoms with van der Waals surface area (Å²) in [5.74, 6) is -1.15. The summed E-state index contributed by atoms with van der Waals surface area (Å²) in [5.41, 5.74) is 6.06. The number of carbonyl (C=O) groups is 1. The SMILES string of the molecule is NCc1ncc(S(=O)(=O)c2cc(C(=O)O)cc(N3CCCC3)c2)s1. The maximum atomic E-state index is 12.8. The van der Waals surface area contributed by atoms with Crippen LogP contribution in [0.5, 0.6) is 0 Å². The Morgan fingerprint density at radius 1 is 1.29 bits per heavy atom. The Bertz CT molecular complexity index is 871. The number of anilines is 1. The maximum absolute atomic E-state index is 12.8. The zero-order valence-corrected chi connectivity index (χ0v) is 14.4. The average Bonchev–Trinajstić information content (AvgIpc) is 3.25. The van der Waals surface area contributed by atoms with Gasteiger partial charge < -0.3 is 15.7 Å². The number of aromatic carboxylic acids is 1. The zero-order valence-electron chi connectivity index (χ0n) is 12.8. The van der Waals surface area contributed by atoms with Crippen LogP contribution in [0.3, 0.4) is 0 Å². The molecule has 128 valence electrons. The molecule has 0 radical (unpaired) electrons. The van der Waals surface area contributed by atoms with Crippen molar-refractivity contribution in [3.05, 3.63) is 35.0 Å². The molecule has 0 amide bonds. The predicted molar refractivity (Wildman–Crippen MR) is 90.3 cm³/mol. The minimum atomic E-state index is -3.83. The number of aromatic nitrogens is 1. The Hall–Kier alpha value is -1.97. The summed E-state index contributed by atoms with van der Waals surface area (Å²) in [6, 6.07) is 4.25. The fourth-order valence-electron chi connectivity index (χ4n) is 2.65. The van der Waals surface area contributed by atoms with Crippen molar-refractivity contribution in [2.24, 2.45) is 5.73 Å². The van der Waals surface area contributed by atoms with Crippen LogP contribution >= 0.6 is 11.3 Å². The average molecular weight is 367 g/mol. The van der Waals surface area contributed by atoms with E-state index in [1.165, 1.54) is 24.4 Å². The van der Waals surface area contributed by atoms with Crippen LogP contribution in [0.25, 0.3) is 0 Å². The van der Waals surface area contributed by atoms with Gasteiger partial charge in [0.2, 0.25) is 9.84 Å². The Labute approximate surface area is 143 Å². The molecular formula is C15H17N3O4S2. The van der Waals surface area contributed by atoms with Crippen molar-refractivity contribution in [3.8, 4) is 0 Å². The van der Waals surface area contributed by atoms with E-state index in [0.717, 1.165) is 37.3 Å². The van der Waals surface area contributed by atoms with Gasteiger partial charge in [-0.2, -0.15) is 0 Å². The minimum absolute atomic E-state index is 0.0310. The third-order valence-corrected chi connectivity index (χ3v) is 7.11. The van der Waals surface area contributed by atoms with Crippen LogP contribution in [-0.2, 0) is 16.4 Å². The lowest BCUT2D eigenvalue weighted by Gasteiger charge is -2.19. The zero-order chi connectivity index (χ0) is 17.3. The van der Waals surface area contributed by atoms with Crippen LogP contribution in [0.2, 0.25) is 0 Å². The van der Waals surface area contributed by atoms with Crippen LogP contribution in [0.4, 0.5) is 5.69 Å². The van der Waals surface area contributed by atoms with Crippen molar-refractivity contribution in [1.29, 1.82) is 0 Å². The number of nitrogens with two attached hydrogens (primary N) is 1. The molecule has 9 heteroatoms. The molecule has 7 nitrogen and oxygen atoms in total. The molecule has 3 N–H and O–H groups in total. The lowest BCUT2D eigenvalue weighted by molar-refractivity contribution is 0.0696. The quantitative estimate of drug-likeness (QED) is 0.827. The lowest BCUT2D eigenvalue weighted by Crippen LogP contribution is -2.19. The lowest BCUT2D eigenvalue weighted by atomic mass is 10.2. The topological polar surface area (TPSA) is 114 Å². The molecule has 3 rings (SSSR count). The molecule has 0 bridgehead atoms. The van der Waals surface area contributed by atoms with E-state index in [1.807, 2.05) is 4.90 Å². The Morgan fingerprint density at radius 2 is 2.00 bits per heavy atom. The van der Waals surface area contributed by atoms with Gasteiger partial charge in [-0.15, -0.1) is 11.3 Å². The van der Waals surface area contributed by atoms with Gasteiger partial charge in [0.25, 0.3) is 0 Å². The largest absolute Gasteiger partial charge is 0.478 e. The van der Waals surface area contributed by atoms with E-state index in [0.29, 0.717) is 10.7 Å². The highest BCUT2D eigenvalue weighted by Crippen LogP contribution is 2.31. The molecule has 1 aromatic heterocycles. The summed E-state index contributed by atoms with van der Waals surface area (Å²) in [7, 11) is -3.83. The molecule has 2 heterocycles. The number of nitrogens with zero attached hydrogens (tertiary/aromatic N) is 2. The highest BCUT2D eigenvalue weighted by atomic mass is 32.2. The standard InChI is InChI=1S/C15H17N3O4S2/c16-8-13-17-9-14(23-13)24(21,22)12-6-10(15(19)20)5-11(7-12)18-3-1-2-4-18/h5-7,9H,1-4,8,16H2,(H,19,20). The molecular weight excluding hydrogens is 350 g/mol. The third kappa shape index (κ3) is 3.14. The molecule has 0 unspecified atom stereocenters. The molecule has 0 aliphatic carbocycles. The summed E-state index contributed by atoms with van der Waals surface area (Å²) in [5, 5.41) is 9.83. The van der Waals surface area contributed by atoms with Gasteiger partial charge in [-0.3, -0.25) is 0 Å². The molecule has 1 aliphatic heterocycles. The van der Waals surface area contributed by atoms with Crippen molar-refractivity contribution < 1.29 is 18.3 Å². The summed E-state index contributed by atoms with van der Waals surface area (Å²) in [4.78, 5) is 17.3. The van der Waals surface area contributed by atoms with E-state index in [4.69, 9.17) is 5.73 Å². The number of sulfone groups is 1. The fraction of sp³-hybridized carbons (Fsp3) is 0.333. The first-order valence-electron chi connectivity index (χ1n) is 7.45. The van der Waals surface area contributed by atoms with Gasteiger partial charge in [-0.05, 0) is 31.0 Å². The van der Waals surface area contributed by atoms with Crippen molar-refractivity contribution in [2.45, 2.75) is 28.5 Å². The van der Waals surface area contributed by atoms with E-state index in [-0.39, 0.29) is 21.2 Å². The van der Waals surface area contributed by atoms with E-state index in [1.54, 1.807) is 0 Å². The number of benzene rings is 1. The molecule has 1 fully saturated rings. The van der Waals surface area contributed by atoms with Crippen LogP contribution in [-0.4, -0.2) is 37.6 Å². The predicted octanol–water partition coefficient (Wildman–Crippen LogP) is 1.73. The van der Waals surface area contributed by atoms with Gasteiger partial charge in [0, 0.05) is 25.3 Å². The highest BCUT2D eigenvalue weighted by molar-refractivity contribution is 7.93. The summed E-state index contributed by atoms with van der Waals surface area (Å²) in [6.07, 6.45) is 3.29. The number of thiazole rings is 1. The summed E-state index contributed by atoms with van der Waals surface area (Å²) < 4.78 is 25.7. The van der Waals surface area contributed by atoms with Crippen molar-refractivity contribution in [2.75, 3.05) is 18.0 Å². The van der Waals surface area contributed by atoms with Gasteiger partial charge in [0.05, 0.1) is 16.7 Å². The number of hydrogen-bond donors (Lipinski definition) is 2. The van der Waals surface area contributed by atoms with Gasteiger partial charge in [0.15, 0.2) is 0 Å². The molecule has 24 heavy (non-hydrogen) atoms. The van der Waals surface area contributed by atoms with E-state index in [9.17, 15) is 18.3 Å². The maximum Gasteiger partial charge on any atom is 0.335 e. The summed E-state index contributed by atoms with van der Waals surface area (Å²) in [6.45, 7) is 1.75. The smallest absolute Gasteiger partial charge is 0.335 e. The number of carboxylic acids is 1. The van der Waals surface area contributed by atoms with Gasteiger partial charge in [-0.1, -0.05) is 0 Å². The van der Waals surface area contributed by atoms with E-state index >= 15 is 0 Å². The normalized spacial score (nSPS) is 15.0. The number of hydrogen-bond acceptors (Lipinski definition) is 7. The van der Waals surface area contributed by atoms with Crippen LogP contribution in [0.15, 0.2) is 33.5 Å². The van der Waals surface area contributed by atoms with Crippen LogP contribution in [0, 0.1) is 0 Å². The van der Waals surface area contributed by atoms with Crippen molar-refractivity contribution >= 4 is 32.8 Å². The Balaban J connectivity index is 2.09.